The number of aliphatic imine (C=N–C) groups is 1. The normalized spacial score (nSPS) is 16.8. The van der Waals surface area contributed by atoms with E-state index in [1.807, 2.05) is 31.9 Å². The molecule has 3 heterocycles. The van der Waals surface area contributed by atoms with E-state index in [0.717, 1.165) is 48.0 Å². The molecule has 0 aromatic carbocycles. The van der Waals surface area contributed by atoms with Gasteiger partial charge >= 0.3 is 0 Å². The molecule has 0 radical (unpaired) electrons. The third-order valence-corrected chi connectivity index (χ3v) is 5.05. The van der Waals surface area contributed by atoms with Crippen LogP contribution in [0.1, 0.15) is 30.2 Å². The molecule has 0 spiro atoms. The van der Waals surface area contributed by atoms with Crippen LogP contribution in [0.15, 0.2) is 29.5 Å². The van der Waals surface area contributed by atoms with Crippen LogP contribution in [0.4, 0.5) is 10.2 Å². The summed E-state index contributed by atoms with van der Waals surface area (Å²) >= 11 is 0. The first kappa shape index (κ1) is 20.8. The number of hydrogen-bond donors (Lipinski definition) is 2. The summed E-state index contributed by atoms with van der Waals surface area (Å²) < 4.78 is 19.5. The fourth-order valence-corrected chi connectivity index (χ4v) is 3.58. The van der Waals surface area contributed by atoms with Gasteiger partial charge in [-0.2, -0.15) is 0 Å². The molecule has 2 aromatic heterocycles. The minimum atomic E-state index is -0.288. The van der Waals surface area contributed by atoms with Crippen LogP contribution in [0.2, 0.25) is 0 Å². The lowest BCUT2D eigenvalue weighted by Crippen LogP contribution is -2.44. The van der Waals surface area contributed by atoms with E-state index in [4.69, 9.17) is 9.73 Å². The van der Waals surface area contributed by atoms with Crippen LogP contribution in [0.25, 0.3) is 0 Å². The first-order valence-electron chi connectivity index (χ1n) is 9.92. The van der Waals surface area contributed by atoms with Crippen molar-refractivity contribution in [2.75, 3.05) is 31.6 Å². The zero-order valence-electron chi connectivity index (χ0n) is 17.5. The molecule has 156 valence electrons. The van der Waals surface area contributed by atoms with E-state index in [2.05, 4.69) is 20.6 Å². The molecule has 1 aliphatic heterocycles. The van der Waals surface area contributed by atoms with Crippen molar-refractivity contribution in [1.82, 2.24) is 20.6 Å². The number of ether oxygens (including phenoxy) is 1. The highest BCUT2D eigenvalue weighted by molar-refractivity contribution is 5.80. The van der Waals surface area contributed by atoms with Crippen molar-refractivity contribution < 1.29 is 9.13 Å². The SMILES string of the molecule is CCNC(=NCc1ncc(C)c(OC)c1C)NC1CCN(c2ncccc2F)C1. The third kappa shape index (κ3) is 4.93. The summed E-state index contributed by atoms with van der Waals surface area (Å²) in [4.78, 5) is 15.3. The van der Waals surface area contributed by atoms with E-state index >= 15 is 0 Å². The van der Waals surface area contributed by atoms with Gasteiger partial charge in [-0.05, 0) is 39.3 Å². The minimum absolute atomic E-state index is 0.163. The molecule has 1 saturated heterocycles. The van der Waals surface area contributed by atoms with Crippen molar-refractivity contribution in [2.45, 2.75) is 39.8 Å². The van der Waals surface area contributed by atoms with Gasteiger partial charge in [-0.1, -0.05) is 0 Å². The lowest BCUT2D eigenvalue weighted by Gasteiger charge is -2.20. The Morgan fingerprint density at radius 2 is 2.21 bits per heavy atom. The highest BCUT2D eigenvalue weighted by Gasteiger charge is 2.26. The zero-order chi connectivity index (χ0) is 20.8. The molecular formula is C21H29FN6O. The van der Waals surface area contributed by atoms with E-state index in [1.165, 1.54) is 6.07 Å². The van der Waals surface area contributed by atoms with Crippen LogP contribution in [0.5, 0.6) is 5.75 Å². The molecular weight excluding hydrogens is 371 g/mol. The van der Waals surface area contributed by atoms with Gasteiger partial charge in [0.25, 0.3) is 0 Å². The Kier molecular flexibility index (Phi) is 6.85. The fourth-order valence-electron chi connectivity index (χ4n) is 3.58. The Hall–Kier alpha value is -2.90. The Morgan fingerprint density at radius 3 is 2.93 bits per heavy atom. The molecule has 1 atom stereocenters. The van der Waals surface area contributed by atoms with Crippen LogP contribution >= 0.6 is 0 Å². The van der Waals surface area contributed by atoms with Crippen LogP contribution in [-0.4, -0.2) is 48.7 Å². The molecule has 1 aliphatic rings. The number of rotatable bonds is 6. The summed E-state index contributed by atoms with van der Waals surface area (Å²) in [5.41, 5.74) is 2.90. The smallest absolute Gasteiger partial charge is 0.191 e. The maximum absolute atomic E-state index is 14.0. The van der Waals surface area contributed by atoms with E-state index in [1.54, 1.807) is 19.4 Å². The number of guanidine groups is 1. The van der Waals surface area contributed by atoms with Gasteiger partial charge in [0.2, 0.25) is 0 Å². The van der Waals surface area contributed by atoms with Gasteiger partial charge in [0.15, 0.2) is 17.6 Å². The van der Waals surface area contributed by atoms with Crippen LogP contribution in [0.3, 0.4) is 0 Å². The number of methoxy groups -OCH3 is 1. The molecule has 0 amide bonds. The Balaban J connectivity index is 1.67. The van der Waals surface area contributed by atoms with Gasteiger partial charge in [-0.25, -0.2) is 14.4 Å². The van der Waals surface area contributed by atoms with Gasteiger partial charge in [-0.3, -0.25) is 4.98 Å². The molecule has 0 saturated carbocycles. The van der Waals surface area contributed by atoms with E-state index < -0.39 is 0 Å². The molecule has 29 heavy (non-hydrogen) atoms. The molecule has 7 nitrogen and oxygen atoms in total. The summed E-state index contributed by atoms with van der Waals surface area (Å²) in [5.74, 6) is 1.70. The second-order valence-electron chi connectivity index (χ2n) is 7.13. The zero-order valence-corrected chi connectivity index (χ0v) is 17.5. The summed E-state index contributed by atoms with van der Waals surface area (Å²) in [6, 6.07) is 3.21. The van der Waals surface area contributed by atoms with Gasteiger partial charge in [-0.15, -0.1) is 0 Å². The Bertz CT molecular complexity index is 872. The van der Waals surface area contributed by atoms with Crippen LogP contribution in [0, 0.1) is 19.7 Å². The third-order valence-electron chi connectivity index (χ3n) is 5.05. The van der Waals surface area contributed by atoms with Gasteiger partial charge < -0.3 is 20.3 Å². The van der Waals surface area contributed by atoms with Gasteiger partial charge in [0.1, 0.15) is 5.75 Å². The molecule has 1 unspecified atom stereocenters. The Labute approximate surface area is 171 Å². The van der Waals surface area contributed by atoms with Gasteiger partial charge in [0.05, 0.1) is 19.3 Å². The maximum Gasteiger partial charge on any atom is 0.191 e. The predicted molar refractivity (Wildman–Crippen MR) is 113 cm³/mol. The quantitative estimate of drug-likeness (QED) is 0.574. The second kappa shape index (κ2) is 9.54. The number of aryl methyl sites for hydroxylation is 1. The van der Waals surface area contributed by atoms with Crippen LogP contribution < -0.4 is 20.3 Å². The highest BCUT2D eigenvalue weighted by Crippen LogP contribution is 2.24. The second-order valence-corrected chi connectivity index (χ2v) is 7.13. The lowest BCUT2D eigenvalue weighted by atomic mass is 10.1. The number of nitrogens with one attached hydrogen (secondary N) is 2. The van der Waals surface area contributed by atoms with E-state index in [9.17, 15) is 4.39 Å². The van der Waals surface area contributed by atoms with Crippen molar-refractivity contribution in [1.29, 1.82) is 0 Å². The first-order valence-corrected chi connectivity index (χ1v) is 9.92. The maximum atomic E-state index is 14.0. The topological polar surface area (TPSA) is 74.7 Å². The number of aromatic nitrogens is 2. The summed E-state index contributed by atoms with van der Waals surface area (Å²) in [5, 5.41) is 6.73. The largest absolute Gasteiger partial charge is 0.496 e. The van der Waals surface area contributed by atoms with Crippen molar-refractivity contribution in [3.05, 3.63) is 47.2 Å². The lowest BCUT2D eigenvalue weighted by molar-refractivity contribution is 0.407. The number of hydrogen-bond acceptors (Lipinski definition) is 5. The fraction of sp³-hybridized carbons (Fsp3) is 0.476. The summed E-state index contributed by atoms with van der Waals surface area (Å²) in [7, 11) is 1.67. The van der Waals surface area contributed by atoms with Crippen molar-refractivity contribution in [2.24, 2.45) is 4.99 Å². The minimum Gasteiger partial charge on any atom is -0.496 e. The standard InChI is InChI=1S/C21H29FN6O/c1-5-23-21(26-12-18-15(3)19(29-4)14(2)11-25-18)27-16-8-10-28(13-16)20-17(22)7-6-9-24-20/h6-7,9,11,16H,5,8,10,12-13H2,1-4H3,(H2,23,26,27). The average Bonchev–Trinajstić information content (AvgIpc) is 3.16. The molecule has 8 heteroatoms. The van der Waals surface area contributed by atoms with Gasteiger partial charge in [0, 0.05) is 49.2 Å². The molecule has 3 rings (SSSR count). The summed E-state index contributed by atoms with van der Waals surface area (Å²) in [6.45, 7) is 8.63. The molecule has 1 fully saturated rings. The summed E-state index contributed by atoms with van der Waals surface area (Å²) in [6.07, 6.45) is 4.32. The van der Waals surface area contributed by atoms with Crippen LogP contribution in [-0.2, 0) is 6.54 Å². The highest BCUT2D eigenvalue weighted by atomic mass is 19.1. The average molecular weight is 401 g/mol. The number of pyridine rings is 2. The molecule has 2 N–H and O–H groups in total. The monoisotopic (exact) mass is 400 g/mol. The molecule has 0 aliphatic carbocycles. The molecule has 0 bridgehead atoms. The van der Waals surface area contributed by atoms with Crippen molar-refractivity contribution in [3.63, 3.8) is 0 Å². The predicted octanol–water partition coefficient (Wildman–Crippen LogP) is 2.58. The van der Waals surface area contributed by atoms with Crippen molar-refractivity contribution >= 4 is 11.8 Å². The van der Waals surface area contributed by atoms with Crippen molar-refractivity contribution in [3.8, 4) is 5.75 Å². The molecule has 2 aromatic rings. The first-order chi connectivity index (χ1) is 14.0. The van der Waals surface area contributed by atoms with E-state index in [0.29, 0.717) is 18.9 Å². The number of anilines is 1. The Morgan fingerprint density at radius 1 is 1.38 bits per heavy atom. The number of halogens is 1. The number of nitrogens with zero attached hydrogens (tertiary/aromatic N) is 4. The van der Waals surface area contributed by atoms with E-state index in [-0.39, 0.29) is 11.9 Å².